The fourth-order valence-corrected chi connectivity index (χ4v) is 2.92. The fraction of sp³-hybridized carbons (Fsp3) is 0.333. The van der Waals surface area contributed by atoms with Crippen LogP contribution in [0.25, 0.3) is 6.08 Å². The molecule has 0 spiro atoms. The van der Waals surface area contributed by atoms with Gasteiger partial charge in [0.15, 0.2) is 0 Å². The van der Waals surface area contributed by atoms with Crippen molar-refractivity contribution in [2.45, 2.75) is 33.6 Å². The Balaban J connectivity index is 2.21. The van der Waals surface area contributed by atoms with E-state index in [0.717, 1.165) is 24.2 Å². The van der Waals surface area contributed by atoms with Crippen LogP contribution >= 0.6 is 11.6 Å². The molecule has 160 valence electrons. The van der Waals surface area contributed by atoms with Gasteiger partial charge in [0.1, 0.15) is 11.4 Å². The minimum absolute atomic E-state index is 0.217. The number of benzene rings is 2. The molecular formula is C24H29ClN2O3. The summed E-state index contributed by atoms with van der Waals surface area (Å²) in [4.78, 5) is 27.4. The van der Waals surface area contributed by atoms with E-state index in [1.165, 1.54) is 0 Å². The molecule has 0 saturated carbocycles. The van der Waals surface area contributed by atoms with Crippen molar-refractivity contribution in [3.8, 4) is 5.75 Å². The lowest BCUT2D eigenvalue weighted by Crippen LogP contribution is -2.38. The quantitative estimate of drug-likeness (QED) is 0.420. The molecule has 2 aromatic rings. The molecule has 0 aromatic heterocycles. The normalized spacial score (nSPS) is 11.1. The third-order valence-electron chi connectivity index (χ3n) is 4.59. The van der Waals surface area contributed by atoms with Gasteiger partial charge in [-0.25, -0.2) is 0 Å². The van der Waals surface area contributed by atoms with Gasteiger partial charge in [0, 0.05) is 23.7 Å². The van der Waals surface area contributed by atoms with Crippen LogP contribution in [0.1, 0.15) is 49.5 Å². The molecule has 0 bridgehead atoms. The Morgan fingerprint density at radius 2 is 1.63 bits per heavy atom. The molecule has 0 radical (unpaired) electrons. The molecule has 2 aromatic carbocycles. The molecule has 6 heteroatoms. The summed E-state index contributed by atoms with van der Waals surface area (Å²) in [5.41, 5.74) is 1.44. The highest BCUT2D eigenvalue weighted by atomic mass is 35.5. The second kappa shape index (κ2) is 12.0. The van der Waals surface area contributed by atoms with Gasteiger partial charge in [-0.2, -0.15) is 0 Å². The van der Waals surface area contributed by atoms with Crippen LogP contribution in [0.4, 0.5) is 0 Å². The topological polar surface area (TPSA) is 58.6 Å². The number of hydrogen-bond donors (Lipinski definition) is 1. The predicted molar refractivity (Wildman–Crippen MR) is 122 cm³/mol. The molecule has 0 saturated heterocycles. The van der Waals surface area contributed by atoms with Crippen LogP contribution < -0.4 is 10.1 Å². The second-order valence-electron chi connectivity index (χ2n) is 6.77. The van der Waals surface area contributed by atoms with Crippen molar-refractivity contribution in [2.75, 3.05) is 19.7 Å². The van der Waals surface area contributed by atoms with Crippen LogP contribution in [0.15, 0.2) is 54.2 Å². The van der Waals surface area contributed by atoms with Crippen molar-refractivity contribution in [3.05, 3.63) is 70.4 Å². The molecule has 0 atom stereocenters. The van der Waals surface area contributed by atoms with Gasteiger partial charge in [0.2, 0.25) is 0 Å². The van der Waals surface area contributed by atoms with E-state index in [1.807, 2.05) is 13.8 Å². The Hall–Kier alpha value is -2.79. The van der Waals surface area contributed by atoms with Crippen LogP contribution in [0.2, 0.25) is 5.02 Å². The van der Waals surface area contributed by atoms with E-state index in [0.29, 0.717) is 30.3 Å². The van der Waals surface area contributed by atoms with Crippen LogP contribution in [-0.2, 0) is 4.79 Å². The van der Waals surface area contributed by atoms with E-state index < -0.39 is 0 Å². The number of nitrogens with one attached hydrogen (secondary N) is 1. The molecule has 2 rings (SSSR count). The predicted octanol–water partition coefficient (Wildman–Crippen LogP) is 5.16. The SMILES string of the molecule is CCCCOc1ccc(C(=O)NC(=Cc2ccc(Cl)cc2)C(=O)N(CC)CC)cc1. The fourth-order valence-electron chi connectivity index (χ4n) is 2.79. The highest BCUT2D eigenvalue weighted by molar-refractivity contribution is 6.30. The van der Waals surface area contributed by atoms with Crippen LogP contribution in [0.5, 0.6) is 5.75 Å². The molecule has 5 nitrogen and oxygen atoms in total. The largest absolute Gasteiger partial charge is 0.494 e. The average Bonchev–Trinajstić information content (AvgIpc) is 2.76. The summed E-state index contributed by atoms with van der Waals surface area (Å²) in [5, 5.41) is 3.38. The lowest BCUT2D eigenvalue weighted by molar-refractivity contribution is -0.127. The molecule has 30 heavy (non-hydrogen) atoms. The number of hydrogen-bond acceptors (Lipinski definition) is 3. The third-order valence-corrected chi connectivity index (χ3v) is 4.85. The summed E-state index contributed by atoms with van der Waals surface area (Å²) < 4.78 is 5.64. The van der Waals surface area contributed by atoms with Crippen molar-refractivity contribution in [1.82, 2.24) is 10.2 Å². The molecule has 1 N–H and O–H groups in total. The maximum atomic E-state index is 12.9. The van der Waals surface area contributed by atoms with Gasteiger partial charge < -0.3 is 15.0 Å². The Kier molecular flexibility index (Phi) is 9.42. The monoisotopic (exact) mass is 428 g/mol. The van der Waals surface area contributed by atoms with Crippen LogP contribution in [0.3, 0.4) is 0 Å². The number of nitrogens with zero attached hydrogens (tertiary/aromatic N) is 1. The van der Waals surface area contributed by atoms with Crippen molar-refractivity contribution in [2.24, 2.45) is 0 Å². The Bertz CT molecular complexity index is 857. The van der Waals surface area contributed by atoms with Gasteiger partial charge >= 0.3 is 0 Å². The smallest absolute Gasteiger partial charge is 0.270 e. The first-order valence-corrected chi connectivity index (χ1v) is 10.7. The second-order valence-corrected chi connectivity index (χ2v) is 7.20. The van der Waals surface area contributed by atoms with Gasteiger partial charge in [-0.05, 0) is 68.3 Å². The van der Waals surface area contributed by atoms with E-state index in [9.17, 15) is 9.59 Å². The number of unbranched alkanes of at least 4 members (excludes halogenated alkanes) is 1. The lowest BCUT2D eigenvalue weighted by Gasteiger charge is -2.21. The zero-order valence-electron chi connectivity index (χ0n) is 17.8. The molecule has 0 fully saturated rings. The number of carbonyl (C=O) groups is 2. The van der Waals surface area contributed by atoms with Gasteiger partial charge in [-0.3, -0.25) is 9.59 Å². The molecule has 0 aliphatic rings. The minimum atomic E-state index is -0.351. The Morgan fingerprint density at radius 3 is 2.20 bits per heavy atom. The van der Waals surface area contributed by atoms with Gasteiger partial charge in [0.25, 0.3) is 11.8 Å². The molecule has 0 aliphatic heterocycles. The Labute approximate surface area is 183 Å². The highest BCUT2D eigenvalue weighted by Crippen LogP contribution is 2.15. The zero-order chi connectivity index (χ0) is 21.9. The highest BCUT2D eigenvalue weighted by Gasteiger charge is 2.19. The number of amides is 2. The van der Waals surface area contributed by atoms with E-state index in [-0.39, 0.29) is 17.5 Å². The molecule has 0 aliphatic carbocycles. The molecule has 0 heterocycles. The first-order valence-electron chi connectivity index (χ1n) is 10.3. The number of ether oxygens (including phenoxy) is 1. The minimum Gasteiger partial charge on any atom is -0.494 e. The van der Waals surface area contributed by atoms with Crippen molar-refractivity contribution >= 4 is 29.5 Å². The van der Waals surface area contributed by atoms with E-state index >= 15 is 0 Å². The standard InChI is InChI=1S/C24H29ClN2O3/c1-4-7-16-30-21-14-10-19(11-15-21)23(28)26-22(24(29)27(5-2)6-3)17-18-8-12-20(25)13-9-18/h8-15,17H,4-7,16H2,1-3H3,(H,26,28). The maximum absolute atomic E-state index is 12.9. The summed E-state index contributed by atoms with van der Waals surface area (Å²) in [5.74, 6) is 0.134. The number of carbonyl (C=O) groups excluding carboxylic acids is 2. The van der Waals surface area contributed by atoms with Crippen molar-refractivity contribution in [3.63, 3.8) is 0 Å². The van der Waals surface area contributed by atoms with Gasteiger partial charge in [-0.1, -0.05) is 37.1 Å². The summed E-state index contributed by atoms with van der Waals surface area (Å²) in [7, 11) is 0. The molecule has 2 amide bonds. The molecular weight excluding hydrogens is 400 g/mol. The van der Waals surface area contributed by atoms with E-state index in [2.05, 4.69) is 12.2 Å². The van der Waals surface area contributed by atoms with Crippen LogP contribution in [-0.4, -0.2) is 36.4 Å². The lowest BCUT2D eigenvalue weighted by atomic mass is 10.1. The van der Waals surface area contributed by atoms with E-state index in [4.69, 9.17) is 16.3 Å². The zero-order valence-corrected chi connectivity index (χ0v) is 18.5. The number of rotatable bonds is 10. The Morgan fingerprint density at radius 1 is 1.00 bits per heavy atom. The summed E-state index contributed by atoms with van der Waals surface area (Å²) in [6, 6.07) is 14.0. The third kappa shape index (κ3) is 6.92. The summed E-state index contributed by atoms with van der Waals surface area (Å²) in [6.07, 6.45) is 3.70. The summed E-state index contributed by atoms with van der Waals surface area (Å²) >= 11 is 5.95. The number of likely N-dealkylation sites (N-methyl/N-ethyl adjacent to an activating group) is 1. The van der Waals surface area contributed by atoms with Crippen molar-refractivity contribution in [1.29, 1.82) is 0 Å². The molecule has 0 unspecified atom stereocenters. The first-order chi connectivity index (χ1) is 14.5. The first kappa shape index (κ1) is 23.5. The maximum Gasteiger partial charge on any atom is 0.270 e. The summed E-state index contributed by atoms with van der Waals surface area (Å²) in [6.45, 7) is 7.65. The van der Waals surface area contributed by atoms with E-state index in [1.54, 1.807) is 59.5 Å². The van der Waals surface area contributed by atoms with Gasteiger partial charge in [0.05, 0.1) is 6.61 Å². The van der Waals surface area contributed by atoms with Crippen LogP contribution in [0, 0.1) is 0 Å². The number of halogens is 1. The average molecular weight is 429 g/mol. The van der Waals surface area contributed by atoms with Crippen molar-refractivity contribution < 1.29 is 14.3 Å². The van der Waals surface area contributed by atoms with Gasteiger partial charge in [-0.15, -0.1) is 0 Å².